The Hall–Kier alpha value is -0.0400. The van der Waals surface area contributed by atoms with Crippen molar-refractivity contribution in [3.8, 4) is 0 Å². The molecule has 1 nitrogen and oxygen atoms in total. The summed E-state index contributed by atoms with van der Waals surface area (Å²) >= 11 is 0. The lowest BCUT2D eigenvalue weighted by atomic mass is 9.77. The lowest BCUT2D eigenvalue weighted by molar-refractivity contribution is 0.214. The molecule has 0 amide bonds. The van der Waals surface area contributed by atoms with Crippen molar-refractivity contribution in [2.45, 2.75) is 60.3 Å². The Labute approximate surface area is 90.7 Å². The largest absolute Gasteiger partial charge is 0.316 e. The zero-order valence-electron chi connectivity index (χ0n) is 10.8. The maximum atomic E-state index is 3.49. The van der Waals surface area contributed by atoms with Gasteiger partial charge in [-0.3, -0.25) is 0 Å². The Morgan fingerprint density at radius 2 is 1.64 bits per heavy atom. The van der Waals surface area contributed by atoms with Crippen LogP contribution >= 0.6 is 0 Å². The van der Waals surface area contributed by atoms with Gasteiger partial charge in [-0.1, -0.05) is 47.5 Å². The van der Waals surface area contributed by atoms with Crippen LogP contribution < -0.4 is 5.32 Å². The molecule has 1 atom stereocenters. The molecule has 0 saturated carbocycles. The predicted molar refractivity (Wildman–Crippen MR) is 65.6 cm³/mol. The summed E-state index contributed by atoms with van der Waals surface area (Å²) in [5.74, 6) is 0.915. The molecule has 0 aromatic carbocycles. The molecular weight excluding hydrogens is 170 g/mol. The molecule has 0 spiro atoms. The minimum atomic E-state index is 0.507. The SMILES string of the molecule is CCNCC(C)(CC)CC(CC)CC. The second-order valence-corrected chi connectivity index (χ2v) is 4.83. The summed E-state index contributed by atoms with van der Waals surface area (Å²) in [5, 5.41) is 3.49. The smallest absolute Gasteiger partial charge is 0.000504 e. The molecule has 0 aromatic rings. The van der Waals surface area contributed by atoms with Gasteiger partial charge in [0.05, 0.1) is 0 Å². The zero-order chi connectivity index (χ0) is 11.0. The average molecular weight is 199 g/mol. The van der Waals surface area contributed by atoms with Gasteiger partial charge in [0.1, 0.15) is 0 Å². The molecule has 0 saturated heterocycles. The molecule has 0 rings (SSSR count). The summed E-state index contributed by atoms with van der Waals surface area (Å²) in [6, 6.07) is 0. The first-order valence-corrected chi connectivity index (χ1v) is 6.32. The Bertz CT molecular complexity index is 129. The standard InChI is InChI=1S/C13H29N/c1-6-12(7-2)10-13(5,8-3)11-14-9-4/h12,14H,6-11H2,1-5H3. The molecule has 0 heterocycles. The van der Waals surface area contributed by atoms with Gasteiger partial charge in [-0.2, -0.15) is 0 Å². The van der Waals surface area contributed by atoms with E-state index in [0.29, 0.717) is 5.41 Å². The molecule has 0 aromatic heterocycles. The van der Waals surface area contributed by atoms with Crippen LogP contribution in [0.3, 0.4) is 0 Å². The van der Waals surface area contributed by atoms with E-state index < -0.39 is 0 Å². The highest BCUT2D eigenvalue weighted by Crippen LogP contribution is 2.31. The molecule has 14 heavy (non-hydrogen) atoms. The second kappa shape index (κ2) is 7.28. The second-order valence-electron chi connectivity index (χ2n) is 4.83. The van der Waals surface area contributed by atoms with Crippen molar-refractivity contribution in [2.75, 3.05) is 13.1 Å². The Morgan fingerprint density at radius 3 is 2.00 bits per heavy atom. The highest BCUT2D eigenvalue weighted by molar-refractivity contribution is 4.78. The van der Waals surface area contributed by atoms with Crippen LogP contribution in [0.15, 0.2) is 0 Å². The summed E-state index contributed by atoms with van der Waals surface area (Å²) in [7, 11) is 0. The molecule has 0 radical (unpaired) electrons. The normalized spacial score (nSPS) is 15.9. The van der Waals surface area contributed by atoms with E-state index in [4.69, 9.17) is 0 Å². The zero-order valence-corrected chi connectivity index (χ0v) is 10.8. The molecule has 1 heteroatoms. The van der Waals surface area contributed by atoms with Gasteiger partial charge < -0.3 is 5.32 Å². The molecule has 0 aliphatic rings. The average Bonchev–Trinajstić information content (AvgIpc) is 2.23. The van der Waals surface area contributed by atoms with E-state index in [0.717, 1.165) is 12.5 Å². The third kappa shape index (κ3) is 4.99. The van der Waals surface area contributed by atoms with Crippen LogP contribution in [0.2, 0.25) is 0 Å². The van der Waals surface area contributed by atoms with Crippen molar-refractivity contribution < 1.29 is 0 Å². The highest BCUT2D eigenvalue weighted by atomic mass is 14.9. The van der Waals surface area contributed by atoms with Crippen molar-refractivity contribution in [2.24, 2.45) is 11.3 Å². The summed E-state index contributed by atoms with van der Waals surface area (Å²) in [5.41, 5.74) is 0.507. The summed E-state index contributed by atoms with van der Waals surface area (Å²) in [4.78, 5) is 0. The molecule has 0 bridgehead atoms. The molecule has 1 unspecified atom stereocenters. The number of rotatable bonds is 8. The van der Waals surface area contributed by atoms with E-state index in [-0.39, 0.29) is 0 Å². The fourth-order valence-corrected chi connectivity index (χ4v) is 2.04. The van der Waals surface area contributed by atoms with Crippen molar-refractivity contribution in [1.82, 2.24) is 5.32 Å². The number of nitrogens with one attached hydrogen (secondary N) is 1. The first-order chi connectivity index (χ1) is 6.61. The van der Waals surface area contributed by atoms with Gasteiger partial charge in [0, 0.05) is 6.54 Å². The lowest BCUT2D eigenvalue weighted by Gasteiger charge is -2.32. The minimum Gasteiger partial charge on any atom is -0.316 e. The molecule has 86 valence electrons. The quantitative estimate of drug-likeness (QED) is 0.626. The van der Waals surface area contributed by atoms with Gasteiger partial charge in [0.25, 0.3) is 0 Å². The topological polar surface area (TPSA) is 12.0 Å². The molecule has 1 N–H and O–H groups in total. The van der Waals surface area contributed by atoms with E-state index in [1.165, 1.54) is 32.2 Å². The van der Waals surface area contributed by atoms with E-state index in [1.807, 2.05) is 0 Å². The summed E-state index contributed by atoms with van der Waals surface area (Å²) in [6.07, 6.45) is 5.33. The maximum absolute atomic E-state index is 3.49. The van der Waals surface area contributed by atoms with Gasteiger partial charge in [0.15, 0.2) is 0 Å². The van der Waals surface area contributed by atoms with Crippen LogP contribution in [0, 0.1) is 11.3 Å². The minimum absolute atomic E-state index is 0.507. The Morgan fingerprint density at radius 1 is 1.07 bits per heavy atom. The Balaban J connectivity index is 4.07. The van der Waals surface area contributed by atoms with Crippen LogP contribution in [0.5, 0.6) is 0 Å². The lowest BCUT2D eigenvalue weighted by Crippen LogP contribution is -2.33. The van der Waals surface area contributed by atoms with Crippen LogP contribution in [0.1, 0.15) is 60.3 Å². The third-order valence-electron chi connectivity index (χ3n) is 3.59. The van der Waals surface area contributed by atoms with Crippen LogP contribution in [0.25, 0.3) is 0 Å². The van der Waals surface area contributed by atoms with Gasteiger partial charge in [-0.15, -0.1) is 0 Å². The monoisotopic (exact) mass is 199 g/mol. The van der Waals surface area contributed by atoms with Gasteiger partial charge in [0.2, 0.25) is 0 Å². The van der Waals surface area contributed by atoms with Gasteiger partial charge in [-0.05, 0) is 30.7 Å². The van der Waals surface area contributed by atoms with Crippen LogP contribution in [-0.4, -0.2) is 13.1 Å². The fraction of sp³-hybridized carbons (Fsp3) is 1.00. The summed E-state index contributed by atoms with van der Waals surface area (Å²) < 4.78 is 0. The Kier molecular flexibility index (Phi) is 7.26. The van der Waals surface area contributed by atoms with Crippen molar-refractivity contribution in [3.05, 3.63) is 0 Å². The van der Waals surface area contributed by atoms with E-state index in [2.05, 4.69) is 39.9 Å². The number of hydrogen-bond donors (Lipinski definition) is 1. The molecule has 0 aliphatic carbocycles. The van der Waals surface area contributed by atoms with Gasteiger partial charge in [-0.25, -0.2) is 0 Å². The van der Waals surface area contributed by atoms with E-state index in [9.17, 15) is 0 Å². The van der Waals surface area contributed by atoms with Crippen molar-refractivity contribution >= 4 is 0 Å². The maximum Gasteiger partial charge on any atom is 0.000504 e. The molecule has 0 aliphatic heterocycles. The summed E-state index contributed by atoms with van der Waals surface area (Å²) in [6.45, 7) is 13.8. The highest BCUT2D eigenvalue weighted by Gasteiger charge is 2.24. The van der Waals surface area contributed by atoms with Crippen molar-refractivity contribution in [1.29, 1.82) is 0 Å². The fourth-order valence-electron chi connectivity index (χ4n) is 2.04. The van der Waals surface area contributed by atoms with Gasteiger partial charge >= 0.3 is 0 Å². The van der Waals surface area contributed by atoms with Crippen LogP contribution in [-0.2, 0) is 0 Å². The van der Waals surface area contributed by atoms with Crippen molar-refractivity contribution in [3.63, 3.8) is 0 Å². The first kappa shape index (κ1) is 14.0. The predicted octanol–water partition coefficient (Wildman–Crippen LogP) is 3.84. The molecular formula is C13H29N. The van der Waals surface area contributed by atoms with E-state index >= 15 is 0 Å². The number of hydrogen-bond acceptors (Lipinski definition) is 1. The molecule has 0 fully saturated rings. The third-order valence-corrected chi connectivity index (χ3v) is 3.59. The van der Waals surface area contributed by atoms with E-state index in [1.54, 1.807) is 0 Å². The first-order valence-electron chi connectivity index (χ1n) is 6.32. The van der Waals surface area contributed by atoms with Crippen LogP contribution in [0.4, 0.5) is 0 Å².